The molecule has 0 fully saturated rings. The monoisotopic (exact) mass is 85.0 g/mol. The summed E-state index contributed by atoms with van der Waals surface area (Å²) in [5, 5.41) is 0. The molecule has 0 heterocycles. The van der Waals surface area contributed by atoms with Crippen molar-refractivity contribution in [3.05, 3.63) is 0 Å². The van der Waals surface area contributed by atoms with Gasteiger partial charge in [0.15, 0.2) is 0 Å². The Labute approximate surface area is 36.4 Å². The third-order valence-electron chi connectivity index (χ3n) is 0.234. The molecule has 0 aromatic rings. The van der Waals surface area contributed by atoms with Crippen molar-refractivity contribution in [2.75, 3.05) is 6.73 Å². The van der Waals surface area contributed by atoms with E-state index in [9.17, 15) is 4.79 Å². The standard InChI is InChI=1S/C2H4BNO2/c3-4-1-6-2-5/h2-3H,1H2. The first kappa shape index (κ1) is 5.33. The van der Waals surface area contributed by atoms with Crippen molar-refractivity contribution < 1.29 is 9.53 Å². The molecule has 0 rings (SSSR count). The summed E-state index contributed by atoms with van der Waals surface area (Å²) in [5.74, 6) is 0. The summed E-state index contributed by atoms with van der Waals surface area (Å²) in [6.07, 6.45) is 0. The van der Waals surface area contributed by atoms with E-state index in [0.29, 0.717) is 6.47 Å². The number of rotatable bonds is 3. The van der Waals surface area contributed by atoms with Crippen molar-refractivity contribution in [2.45, 2.75) is 0 Å². The summed E-state index contributed by atoms with van der Waals surface area (Å²) in [4.78, 5) is 12.5. The van der Waals surface area contributed by atoms with Gasteiger partial charge in [0.2, 0.25) is 0 Å². The predicted octanol–water partition coefficient (Wildman–Crippen LogP) is -0.799. The van der Waals surface area contributed by atoms with Crippen molar-refractivity contribution in [1.29, 1.82) is 0 Å². The van der Waals surface area contributed by atoms with Crippen molar-refractivity contribution in [1.82, 2.24) is 0 Å². The average molecular weight is 84.9 g/mol. The fraction of sp³-hybridized carbons (Fsp3) is 0.500. The molecular weight excluding hydrogens is 80.8 g/mol. The van der Waals surface area contributed by atoms with Gasteiger partial charge in [-0.05, 0) is 0 Å². The molecule has 0 unspecified atom stereocenters. The Morgan fingerprint density at radius 1 is 2.00 bits per heavy atom. The molecule has 3 nitrogen and oxygen atoms in total. The zero-order chi connectivity index (χ0) is 4.83. The van der Waals surface area contributed by atoms with Crippen LogP contribution in [0.4, 0.5) is 0 Å². The number of carbonyl (C=O) groups excluding carboxylic acids is 1. The van der Waals surface area contributed by atoms with Crippen LogP contribution in [-0.2, 0) is 9.53 Å². The average Bonchev–Trinajstić information content (AvgIpc) is 1.61. The molecule has 6 heavy (non-hydrogen) atoms. The van der Waals surface area contributed by atoms with Crippen LogP contribution in [0.25, 0.3) is 0 Å². The van der Waals surface area contributed by atoms with E-state index in [0.717, 1.165) is 0 Å². The van der Waals surface area contributed by atoms with Gasteiger partial charge in [0, 0.05) is 0 Å². The van der Waals surface area contributed by atoms with Crippen LogP contribution in [0, 0.1) is 0 Å². The minimum atomic E-state index is 0.0590. The quantitative estimate of drug-likeness (QED) is 0.255. The zero-order valence-electron chi connectivity index (χ0n) is 3.26. The van der Waals surface area contributed by atoms with E-state index < -0.39 is 0 Å². The van der Waals surface area contributed by atoms with E-state index in [1.807, 2.05) is 0 Å². The van der Waals surface area contributed by atoms with Gasteiger partial charge in [-0.1, -0.05) is 0 Å². The molecule has 0 saturated carbocycles. The molecule has 0 N–H and O–H groups in total. The first-order valence-electron chi connectivity index (χ1n) is 1.39. The van der Waals surface area contributed by atoms with Crippen molar-refractivity contribution in [3.8, 4) is 0 Å². The number of hydrogen-bond donors (Lipinski definition) is 0. The van der Waals surface area contributed by atoms with Gasteiger partial charge in [0.1, 0.15) is 0 Å². The van der Waals surface area contributed by atoms with Crippen LogP contribution in [0.1, 0.15) is 0 Å². The number of carbonyl (C=O) groups is 1. The third-order valence-corrected chi connectivity index (χ3v) is 0.234. The zero-order valence-corrected chi connectivity index (χ0v) is 3.26. The van der Waals surface area contributed by atoms with Gasteiger partial charge in [-0.25, -0.2) is 0 Å². The molecule has 0 aliphatic rings. The Bertz CT molecular complexity index is 47.5. The summed E-state index contributed by atoms with van der Waals surface area (Å²) in [7, 11) is 3.06. The molecule has 32 valence electrons. The molecule has 0 bridgehead atoms. The van der Waals surface area contributed by atoms with Crippen LogP contribution in [0.5, 0.6) is 0 Å². The Morgan fingerprint density at radius 2 is 2.67 bits per heavy atom. The number of hydrogen-bond acceptors (Lipinski definition) is 3. The summed E-state index contributed by atoms with van der Waals surface area (Å²) in [6, 6.07) is 0. The maximum absolute atomic E-state index is 9.25. The molecule has 0 aliphatic carbocycles. The van der Waals surface area contributed by atoms with E-state index >= 15 is 0 Å². The summed E-state index contributed by atoms with van der Waals surface area (Å²) in [5.41, 5.74) is 0. The Balaban J connectivity index is 2.66. The van der Waals surface area contributed by atoms with Crippen molar-refractivity contribution in [2.24, 2.45) is 4.90 Å². The van der Waals surface area contributed by atoms with E-state index in [4.69, 9.17) is 0 Å². The van der Waals surface area contributed by atoms with Crippen LogP contribution in [0.3, 0.4) is 0 Å². The van der Waals surface area contributed by atoms with E-state index in [-0.39, 0.29) is 6.73 Å². The van der Waals surface area contributed by atoms with Crippen LogP contribution < -0.4 is 0 Å². The van der Waals surface area contributed by atoms with Crippen LogP contribution in [0.15, 0.2) is 4.90 Å². The summed E-state index contributed by atoms with van der Waals surface area (Å²) >= 11 is 0. The Kier molecular flexibility index (Phi) is 3.85. The molecule has 0 amide bonds. The van der Waals surface area contributed by atoms with E-state index in [1.165, 1.54) is 0 Å². The fourth-order valence-electron chi connectivity index (χ4n) is 0.0831. The minimum absolute atomic E-state index is 0.0590. The molecule has 0 aliphatic heterocycles. The van der Waals surface area contributed by atoms with Gasteiger partial charge in [-0.15, -0.1) is 0 Å². The predicted molar refractivity (Wildman–Crippen MR) is 21.6 cm³/mol. The van der Waals surface area contributed by atoms with Gasteiger partial charge in [-0.2, -0.15) is 0 Å². The second kappa shape index (κ2) is 4.33. The molecule has 0 atom stereocenters. The molecule has 0 aromatic heterocycles. The van der Waals surface area contributed by atoms with Gasteiger partial charge in [0.25, 0.3) is 0 Å². The SMILES string of the molecule is B=NCOC=O. The molecule has 0 aromatic carbocycles. The molecule has 0 spiro atoms. The Morgan fingerprint density at radius 3 is 2.83 bits per heavy atom. The van der Waals surface area contributed by atoms with E-state index in [1.54, 1.807) is 0 Å². The second-order valence-corrected chi connectivity index (χ2v) is 0.616. The van der Waals surface area contributed by atoms with Crippen LogP contribution >= 0.6 is 0 Å². The van der Waals surface area contributed by atoms with Gasteiger partial charge >= 0.3 is 35.3 Å². The van der Waals surface area contributed by atoms with Crippen LogP contribution in [0.2, 0.25) is 0 Å². The fourth-order valence-corrected chi connectivity index (χ4v) is 0.0831. The van der Waals surface area contributed by atoms with Crippen molar-refractivity contribution in [3.63, 3.8) is 0 Å². The molecule has 0 radical (unpaired) electrons. The Hall–Kier alpha value is -0.665. The molecule has 0 saturated heterocycles. The van der Waals surface area contributed by atoms with Gasteiger partial charge in [-0.3, -0.25) is 0 Å². The topological polar surface area (TPSA) is 38.7 Å². The first-order chi connectivity index (χ1) is 2.91. The molecule has 4 heteroatoms. The number of ether oxygens (including phenoxy) is 1. The summed E-state index contributed by atoms with van der Waals surface area (Å²) in [6.45, 7) is 0.387. The normalized spacial score (nSPS) is 6.50. The number of nitrogens with zero attached hydrogens (tertiary/aromatic N) is 1. The van der Waals surface area contributed by atoms with Crippen LogP contribution in [-0.4, -0.2) is 20.8 Å². The maximum atomic E-state index is 9.25. The first-order valence-corrected chi connectivity index (χ1v) is 1.39. The summed E-state index contributed by atoms with van der Waals surface area (Å²) < 4.78 is 4.07. The van der Waals surface area contributed by atoms with Crippen molar-refractivity contribution >= 4 is 14.1 Å². The van der Waals surface area contributed by atoms with Gasteiger partial charge < -0.3 is 0 Å². The molecular formula is C2H4BNO2. The third kappa shape index (κ3) is 3.33. The van der Waals surface area contributed by atoms with Gasteiger partial charge in [0.05, 0.1) is 0 Å². The van der Waals surface area contributed by atoms with E-state index in [2.05, 4.69) is 17.3 Å². The second-order valence-electron chi connectivity index (χ2n) is 0.616.